The fraction of sp³-hybridized carbons (Fsp3) is 1.00. The highest BCUT2D eigenvalue weighted by Gasteiger charge is 2.38. The number of hydrogen-bond acceptors (Lipinski definition) is 1. The molecule has 8 heavy (non-hydrogen) atoms. The van der Waals surface area contributed by atoms with Gasteiger partial charge in [0.15, 0.2) is 0 Å². The Morgan fingerprint density at radius 3 is 2.50 bits per heavy atom. The molecule has 1 heteroatoms. The molecule has 2 rings (SSSR count). The van der Waals surface area contributed by atoms with Gasteiger partial charge in [-0.05, 0) is 31.2 Å². The van der Waals surface area contributed by atoms with E-state index in [9.17, 15) is 0 Å². The van der Waals surface area contributed by atoms with Crippen molar-refractivity contribution in [2.75, 3.05) is 13.1 Å². The first-order valence-corrected chi connectivity index (χ1v) is 3.55. The number of nitrogens with one attached hydrogen (secondary N) is 1. The highest BCUT2D eigenvalue weighted by molar-refractivity contribution is 4.93. The fourth-order valence-electron chi connectivity index (χ4n) is 1.80. The van der Waals surface area contributed by atoms with Gasteiger partial charge in [-0.25, -0.2) is 0 Å². The van der Waals surface area contributed by atoms with Crippen LogP contribution in [0, 0.1) is 5.41 Å². The van der Waals surface area contributed by atoms with Crippen molar-refractivity contribution in [3.63, 3.8) is 0 Å². The summed E-state index contributed by atoms with van der Waals surface area (Å²) in [4.78, 5) is 0. The van der Waals surface area contributed by atoms with E-state index in [2.05, 4.69) is 0 Å². The largest absolute Gasteiger partial charge is 0.316 e. The van der Waals surface area contributed by atoms with E-state index in [0.29, 0.717) is 5.41 Å². The van der Waals surface area contributed by atoms with Gasteiger partial charge in [0.05, 0.1) is 0 Å². The van der Waals surface area contributed by atoms with Gasteiger partial charge >= 0.3 is 0 Å². The van der Waals surface area contributed by atoms with E-state index in [1.807, 2.05) is 0 Å². The van der Waals surface area contributed by atoms with Crippen LogP contribution in [0.2, 0.25) is 1.41 Å². The lowest BCUT2D eigenvalue weighted by Gasteiger charge is -2.37. The predicted octanol–water partition coefficient (Wildman–Crippen LogP) is 1.15. The summed E-state index contributed by atoms with van der Waals surface area (Å²) in [5.74, 6) is 0. The van der Waals surface area contributed by atoms with Gasteiger partial charge in [-0.1, -0.05) is 6.42 Å². The van der Waals surface area contributed by atoms with Crippen LogP contribution in [0.5, 0.6) is 0 Å². The average Bonchev–Trinajstić information content (AvgIpc) is 2.09. The molecule has 1 saturated heterocycles. The van der Waals surface area contributed by atoms with E-state index in [1.165, 1.54) is 25.7 Å². The predicted molar refractivity (Wildman–Crippen MR) is 33.8 cm³/mol. The SMILES string of the molecule is [2H]N1CCC2(CCC2)C1. The summed E-state index contributed by atoms with van der Waals surface area (Å²) in [6.45, 7) is 2.06. The molecule has 0 atom stereocenters. The molecule has 2 aliphatic rings. The van der Waals surface area contributed by atoms with Gasteiger partial charge in [0.1, 0.15) is 1.41 Å². The van der Waals surface area contributed by atoms with Gasteiger partial charge in [0.2, 0.25) is 0 Å². The molecule has 1 nitrogen and oxygen atoms in total. The fourth-order valence-corrected chi connectivity index (χ4v) is 1.80. The topological polar surface area (TPSA) is 12.0 Å². The standard InChI is InChI=1S/C7H13N/c1-2-7(3-1)4-5-8-6-7/h8H,1-6H2/i/hD. The second-order valence-corrected chi connectivity index (χ2v) is 3.21. The molecule has 1 heterocycles. The highest BCUT2D eigenvalue weighted by Crippen LogP contribution is 2.45. The first kappa shape index (κ1) is 3.89. The summed E-state index contributed by atoms with van der Waals surface area (Å²) in [6.07, 6.45) is 5.48. The summed E-state index contributed by atoms with van der Waals surface area (Å²) in [5.41, 5.74) is 0.627. The van der Waals surface area contributed by atoms with Crippen LogP contribution in [0.15, 0.2) is 0 Å². The molecule has 0 radical (unpaired) electrons. The third-order valence-corrected chi connectivity index (χ3v) is 2.66. The zero-order valence-electron chi connectivity index (χ0n) is 6.19. The summed E-state index contributed by atoms with van der Waals surface area (Å²) in [6, 6.07) is 0. The summed E-state index contributed by atoms with van der Waals surface area (Å²) in [5, 5.41) is 1.72. The van der Waals surface area contributed by atoms with Crippen LogP contribution in [-0.4, -0.2) is 13.1 Å². The Balaban J connectivity index is 1.99. The molecule has 0 aromatic rings. The smallest absolute Gasteiger partial charge is 0.122 e. The van der Waals surface area contributed by atoms with Crippen molar-refractivity contribution in [2.24, 2.45) is 5.41 Å². The van der Waals surface area contributed by atoms with Crippen molar-refractivity contribution in [3.8, 4) is 0 Å². The Hall–Kier alpha value is -0.0400. The van der Waals surface area contributed by atoms with Crippen LogP contribution in [0.1, 0.15) is 25.7 Å². The van der Waals surface area contributed by atoms with Gasteiger partial charge in [-0.15, -0.1) is 0 Å². The molecule has 1 aliphatic carbocycles. The zero-order valence-corrected chi connectivity index (χ0v) is 5.19. The van der Waals surface area contributed by atoms with E-state index in [1.54, 1.807) is 5.31 Å². The average molecular weight is 112 g/mol. The van der Waals surface area contributed by atoms with Crippen LogP contribution >= 0.6 is 0 Å². The molecule has 0 aromatic heterocycles. The Morgan fingerprint density at radius 1 is 1.38 bits per heavy atom. The lowest BCUT2D eigenvalue weighted by atomic mass is 9.68. The second kappa shape index (κ2) is 1.47. The Labute approximate surface area is 51.9 Å². The molecule has 0 unspecified atom stereocenters. The van der Waals surface area contributed by atoms with E-state index in [0.717, 1.165) is 13.1 Å². The molecule has 0 bridgehead atoms. The van der Waals surface area contributed by atoms with Gasteiger partial charge < -0.3 is 5.31 Å². The van der Waals surface area contributed by atoms with Crippen molar-refractivity contribution in [2.45, 2.75) is 25.7 Å². The zero-order chi connectivity index (χ0) is 6.32. The number of hydrogen-bond donors (Lipinski definition) is 1. The van der Waals surface area contributed by atoms with Gasteiger partial charge in [0.25, 0.3) is 0 Å². The van der Waals surface area contributed by atoms with E-state index in [4.69, 9.17) is 1.41 Å². The van der Waals surface area contributed by atoms with Crippen molar-refractivity contribution >= 4 is 0 Å². The summed E-state index contributed by atoms with van der Waals surface area (Å²) in [7, 11) is 0. The second-order valence-electron chi connectivity index (χ2n) is 3.21. The molecule has 1 saturated carbocycles. The Bertz CT molecular complexity index is 120. The van der Waals surface area contributed by atoms with Gasteiger partial charge in [0, 0.05) is 6.54 Å². The van der Waals surface area contributed by atoms with Crippen molar-refractivity contribution in [3.05, 3.63) is 0 Å². The maximum atomic E-state index is 7.36. The van der Waals surface area contributed by atoms with Crippen LogP contribution < -0.4 is 5.31 Å². The molecular weight excluding hydrogens is 98.1 g/mol. The van der Waals surface area contributed by atoms with E-state index in [-0.39, 0.29) is 0 Å². The van der Waals surface area contributed by atoms with Crippen LogP contribution in [-0.2, 0) is 0 Å². The highest BCUT2D eigenvalue weighted by atomic mass is 14.9. The lowest BCUT2D eigenvalue weighted by Crippen LogP contribution is -2.31. The van der Waals surface area contributed by atoms with Crippen molar-refractivity contribution in [1.82, 2.24) is 5.31 Å². The molecule has 0 amide bonds. The summed E-state index contributed by atoms with van der Waals surface area (Å²) < 4.78 is 7.36. The summed E-state index contributed by atoms with van der Waals surface area (Å²) >= 11 is 0. The molecule has 1 aliphatic heterocycles. The van der Waals surface area contributed by atoms with Crippen LogP contribution in [0.4, 0.5) is 0 Å². The lowest BCUT2D eigenvalue weighted by molar-refractivity contribution is 0.163. The van der Waals surface area contributed by atoms with Gasteiger partial charge in [-0.2, -0.15) is 0 Å². The minimum atomic E-state index is 0.627. The molecule has 1 spiro atoms. The first-order valence-electron chi connectivity index (χ1n) is 3.99. The van der Waals surface area contributed by atoms with Gasteiger partial charge in [-0.3, -0.25) is 0 Å². The Morgan fingerprint density at radius 2 is 2.25 bits per heavy atom. The molecule has 1 N–H and O–H groups in total. The third kappa shape index (κ3) is 0.510. The van der Waals surface area contributed by atoms with E-state index < -0.39 is 0 Å². The van der Waals surface area contributed by atoms with Crippen molar-refractivity contribution in [1.29, 1.82) is 0 Å². The molecule has 0 aromatic carbocycles. The maximum Gasteiger partial charge on any atom is 0.122 e. The quantitative estimate of drug-likeness (QED) is 0.495. The molecule has 46 valence electrons. The monoisotopic (exact) mass is 112 g/mol. The maximum absolute atomic E-state index is 7.36. The third-order valence-electron chi connectivity index (χ3n) is 2.66. The minimum Gasteiger partial charge on any atom is -0.316 e. The van der Waals surface area contributed by atoms with Crippen LogP contribution in [0.3, 0.4) is 0 Å². The number of rotatable bonds is 0. The van der Waals surface area contributed by atoms with E-state index >= 15 is 0 Å². The normalized spacial score (nSPS) is 37.2. The Kier molecular flexibility index (Phi) is 0.715. The molecule has 2 fully saturated rings. The minimum absolute atomic E-state index is 0.627. The van der Waals surface area contributed by atoms with Crippen molar-refractivity contribution < 1.29 is 1.41 Å². The molecular formula is C7H13N. The van der Waals surface area contributed by atoms with Crippen LogP contribution in [0.25, 0.3) is 0 Å². The first-order chi connectivity index (χ1) is 4.31.